The highest BCUT2D eigenvalue weighted by Gasteiger charge is 2.32. The lowest BCUT2D eigenvalue weighted by Crippen LogP contribution is -2.30. The van der Waals surface area contributed by atoms with Crippen LogP contribution in [0.15, 0.2) is 21.2 Å². The summed E-state index contributed by atoms with van der Waals surface area (Å²) in [4.78, 5) is 0. The first-order chi connectivity index (χ1) is 8.38. The van der Waals surface area contributed by atoms with E-state index < -0.39 is 0 Å². The third-order valence-corrected chi connectivity index (χ3v) is 4.85. The molecule has 1 saturated carbocycles. The van der Waals surface area contributed by atoms with E-state index in [9.17, 15) is 0 Å². The van der Waals surface area contributed by atoms with Crippen LogP contribution in [-0.4, -0.2) is 0 Å². The molecular weight excluding hydrogens is 290 g/mol. The molecular formula is C15H24BrNO. The van der Waals surface area contributed by atoms with Crippen LogP contribution in [-0.2, 0) is 0 Å². The summed E-state index contributed by atoms with van der Waals surface area (Å²) < 4.78 is 6.36. The average molecular weight is 314 g/mol. The van der Waals surface area contributed by atoms with Crippen LogP contribution in [0.5, 0.6) is 0 Å². The van der Waals surface area contributed by atoms with Crippen LogP contribution in [0.25, 0.3) is 0 Å². The minimum Gasteiger partial charge on any atom is -0.453 e. The Morgan fingerprint density at radius 3 is 2.28 bits per heavy atom. The standard InChI is InChI=1S/C15H24BrNO/c1-15(2,3)11-6-4-10(5-7-11)14(17)12-8-9-13(16)18-12/h8-11,14H,4-7,17H2,1-3H3. The predicted octanol–water partition coefficient (Wildman–Crippen LogP) is 4.89. The summed E-state index contributed by atoms with van der Waals surface area (Å²) in [6.45, 7) is 7.05. The molecule has 1 fully saturated rings. The van der Waals surface area contributed by atoms with E-state index in [2.05, 4.69) is 36.7 Å². The molecule has 102 valence electrons. The maximum absolute atomic E-state index is 6.32. The molecule has 0 aliphatic heterocycles. The number of hydrogen-bond acceptors (Lipinski definition) is 2. The van der Waals surface area contributed by atoms with Crippen molar-refractivity contribution in [3.63, 3.8) is 0 Å². The van der Waals surface area contributed by atoms with Gasteiger partial charge in [0.15, 0.2) is 4.67 Å². The van der Waals surface area contributed by atoms with Crippen molar-refractivity contribution in [2.75, 3.05) is 0 Å². The van der Waals surface area contributed by atoms with Crippen LogP contribution in [0.1, 0.15) is 58.3 Å². The third-order valence-electron chi connectivity index (χ3n) is 4.43. The van der Waals surface area contributed by atoms with Gasteiger partial charge in [0.2, 0.25) is 0 Å². The lowest BCUT2D eigenvalue weighted by molar-refractivity contribution is 0.135. The molecule has 1 aromatic heterocycles. The van der Waals surface area contributed by atoms with Crippen LogP contribution < -0.4 is 5.73 Å². The van der Waals surface area contributed by atoms with E-state index >= 15 is 0 Å². The molecule has 1 heterocycles. The first-order valence-corrected chi connectivity index (χ1v) is 7.68. The van der Waals surface area contributed by atoms with Gasteiger partial charge in [-0.3, -0.25) is 0 Å². The lowest BCUT2D eigenvalue weighted by Gasteiger charge is -2.38. The minimum absolute atomic E-state index is 0.0530. The van der Waals surface area contributed by atoms with Crippen LogP contribution in [0.4, 0.5) is 0 Å². The molecule has 0 saturated heterocycles. The fraction of sp³-hybridized carbons (Fsp3) is 0.733. The van der Waals surface area contributed by atoms with E-state index in [1.54, 1.807) is 0 Å². The van der Waals surface area contributed by atoms with Crippen molar-refractivity contribution in [1.29, 1.82) is 0 Å². The summed E-state index contributed by atoms with van der Waals surface area (Å²) in [7, 11) is 0. The first kappa shape index (κ1) is 14.1. The summed E-state index contributed by atoms with van der Waals surface area (Å²) in [5.74, 6) is 2.33. The number of hydrogen-bond donors (Lipinski definition) is 1. The fourth-order valence-electron chi connectivity index (χ4n) is 3.08. The Morgan fingerprint density at radius 2 is 1.83 bits per heavy atom. The molecule has 0 bridgehead atoms. The second-order valence-electron chi connectivity index (χ2n) is 6.65. The highest BCUT2D eigenvalue weighted by molar-refractivity contribution is 9.10. The van der Waals surface area contributed by atoms with E-state index in [0.717, 1.165) is 16.3 Å². The highest BCUT2D eigenvalue weighted by Crippen LogP contribution is 2.43. The van der Waals surface area contributed by atoms with Crippen LogP contribution in [0.3, 0.4) is 0 Å². The van der Waals surface area contributed by atoms with Gasteiger partial charge in [0, 0.05) is 0 Å². The number of furan rings is 1. The zero-order valence-electron chi connectivity index (χ0n) is 11.6. The minimum atomic E-state index is 0.0530. The number of rotatable bonds is 2. The monoisotopic (exact) mass is 313 g/mol. The van der Waals surface area contributed by atoms with Gasteiger partial charge in [-0.15, -0.1) is 0 Å². The molecule has 1 unspecified atom stereocenters. The molecule has 2 rings (SSSR count). The van der Waals surface area contributed by atoms with Crippen LogP contribution in [0, 0.1) is 17.3 Å². The molecule has 2 N–H and O–H groups in total. The maximum atomic E-state index is 6.32. The molecule has 1 aliphatic carbocycles. The molecule has 2 nitrogen and oxygen atoms in total. The van der Waals surface area contributed by atoms with Crippen molar-refractivity contribution in [2.45, 2.75) is 52.5 Å². The lowest BCUT2D eigenvalue weighted by atomic mass is 9.68. The van der Waals surface area contributed by atoms with Gasteiger partial charge < -0.3 is 10.2 Å². The van der Waals surface area contributed by atoms with Gasteiger partial charge in [0.1, 0.15) is 5.76 Å². The molecule has 1 aliphatic rings. The molecule has 0 aromatic carbocycles. The topological polar surface area (TPSA) is 39.2 Å². The maximum Gasteiger partial charge on any atom is 0.169 e. The molecule has 3 heteroatoms. The summed E-state index contributed by atoms with van der Waals surface area (Å²) >= 11 is 3.34. The number of halogens is 1. The van der Waals surface area contributed by atoms with Gasteiger partial charge in [-0.25, -0.2) is 0 Å². The van der Waals surface area contributed by atoms with Crippen molar-refractivity contribution in [3.05, 3.63) is 22.6 Å². The van der Waals surface area contributed by atoms with Gasteiger partial charge in [0.25, 0.3) is 0 Å². The Morgan fingerprint density at radius 1 is 1.22 bits per heavy atom. The Bertz CT molecular complexity index is 385. The molecule has 0 radical (unpaired) electrons. The predicted molar refractivity (Wildman–Crippen MR) is 78.2 cm³/mol. The third kappa shape index (κ3) is 3.18. The van der Waals surface area contributed by atoms with Crippen molar-refractivity contribution >= 4 is 15.9 Å². The van der Waals surface area contributed by atoms with Crippen molar-refractivity contribution in [2.24, 2.45) is 23.0 Å². The van der Waals surface area contributed by atoms with Crippen LogP contribution in [0.2, 0.25) is 0 Å². The van der Waals surface area contributed by atoms with Gasteiger partial charge in [0.05, 0.1) is 6.04 Å². The molecule has 1 aromatic rings. The van der Waals surface area contributed by atoms with Crippen LogP contribution >= 0.6 is 15.9 Å². The quantitative estimate of drug-likeness (QED) is 0.843. The smallest absolute Gasteiger partial charge is 0.169 e. The highest BCUT2D eigenvalue weighted by atomic mass is 79.9. The van der Waals surface area contributed by atoms with Crippen molar-refractivity contribution in [3.8, 4) is 0 Å². The van der Waals surface area contributed by atoms with E-state index in [1.807, 2.05) is 12.1 Å². The largest absolute Gasteiger partial charge is 0.453 e. The van der Waals surface area contributed by atoms with Gasteiger partial charge in [-0.05, 0) is 71.0 Å². The van der Waals surface area contributed by atoms with Gasteiger partial charge in [-0.2, -0.15) is 0 Å². The second-order valence-corrected chi connectivity index (χ2v) is 7.43. The Labute approximate surface area is 118 Å². The fourth-order valence-corrected chi connectivity index (χ4v) is 3.40. The van der Waals surface area contributed by atoms with Gasteiger partial charge in [-0.1, -0.05) is 20.8 Å². The molecule has 0 spiro atoms. The number of nitrogens with two attached hydrogens (primary N) is 1. The Balaban J connectivity index is 1.94. The first-order valence-electron chi connectivity index (χ1n) is 6.88. The van der Waals surface area contributed by atoms with Gasteiger partial charge >= 0.3 is 0 Å². The SMILES string of the molecule is CC(C)(C)C1CCC(C(N)c2ccc(Br)o2)CC1. The van der Waals surface area contributed by atoms with E-state index in [0.29, 0.717) is 11.3 Å². The van der Waals surface area contributed by atoms with Crippen molar-refractivity contribution in [1.82, 2.24) is 0 Å². The van der Waals surface area contributed by atoms with Crippen molar-refractivity contribution < 1.29 is 4.42 Å². The molecule has 18 heavy (non-hydrogen) atoms. The zero-order chi connectivity index (χ0) is 13.3. The summed E-state index contributed by atoms with van der Waals surface area (Å²) in [6, 6.07) is 3.97. The summed E-state index contributed by atoms with van der Waals surface area (Å²) in [5.41, 5.74) is 6.76. The zero-order valence-corrected chi connectivity index (χ0v) is 13.2. The summed E-state index contributed by atoms with van der Waals surface area (Å²) in [5, 5.41) is 0. The average Bonchev–Trinajstić information content (AvgIpc) is 2.74. The molecule has 0 amide bonds. The van der Waals surface area contributed by atoms with E-state index in [1.165, 1.54) is 25.7 Å². The molecule has 1 atom stereocenters. The van der Waals surface area contributed by atoms with E-state index in [4.69, 9.17) is 10.2 Å². The Kier molecular flexibility index (Phi) is 4.22. The second kappa shape index (κ2) is 5.38. The van der Waals surface area contributed by atoms with E-state index in [-0.39, 0.29) is 6.04 Å². The Hall–Kier alpha value is -0.280. The summed E-state index contributed by atoms with van der Waals surface area (Å²) in [6.07, 6.45) is 5.04. The normalized spacial score (nSPS) is 27.2.